The van der Waals surface area contributed by atoms with Gasteiger partial charge in [-0.2, -0.15) is 0 Å². The van der Waals surface area contributed by atoms with E-state index in [1.807, 2.05) is 0 Å². The number of anilines is 1. The summed E-state index contributed by atoms with van der Waals surface area (Å²) in [5.74, 6) is 0.875. The maximum atomic E-state index is 5.55. The van der Waals surface area contributed by atoms with Gasteiger partial charge in [-0.15, -0.1) is 11.3 Å². The standard InChI is InChI=1S/C11H19N3S/c1-14(7-9-4-2-3-5-9)11-13-10(6-12)8-15-11/h8-9H,2-7,12H2,1H3. The maximum Gasteiger partial charge on any atom is 0.185 e. The molecule has 0 radical (unpaired) electrons. The van der Waals surface area contributed by atoms with E-state index in [0.29, 0.717) is 6.54 Å². The van der Waals surface area contributed by atoms with Gasteiger partial charge in [0, 0.05) is 25.5 Å². The molecule has 1 aromatic heterocycles. The van der Waals surface area contributed by atoms with Crippen molar-refractivity contribution in [3.8, 4) is 0 Å². The van der Waals surface area contributed by atoms with Gasteiger partial charge in [0.15, 0.2) is 5.13 Å². The molecule has 0 amide bonds. The van der Waals surface area contributed by atoms with Crippen molar-refractivity contribution >= 4 is 16.5 Å². The zero-order valence-corrected chi connectivity index (χ0v) is 10.1. The van der Waals surface area contributed by atoms with Crippen LogP contribution in [0, 0.1) is 5.92 Å². The molecule has 1 saturated carbocycles. The second kappa shape index (κ2) is 4.94. The number of hydrogen-bond donors (Lipinski definition) is 1. The van der Waals surface area contributed by atoms with Gasteiger partial charge in [0.2, 0.25) is 0 Å². The topological polar surface area (TPSA) is 42.2 Å². The Labute approximate surface area is 95.3 Å². The number of nitrogens with two attached hydrogens (primary N) is 1. The highest BCUT2D eigenvalue weighted by Gasteiger charge is 2.18. The first-order valence-electron chi connectivity index (χ1n) is 5.65. The highest BCUT2D eigenvalue weighted by Crippen LogP contribution is 2.27. The van der Waals surface area contributed by atoms with Gasteiger partial charge >= 0.3 is 0 Å². The van der Waals surface area contributed by atoms with Crippen molar-refractivity contribution in [2.75, 3.05) is 18.5 Å². The van der Waals surface area contributed by atoms with Crippen LogP contribution in [0.5, 0.6) is 0 Å². The molecule has 0 bridgehead atoms. The number of hydrogen-bond acceptors (Lipinski definition) is 4. The molecular formula is C11H19N3S. The largest absolute Gasteiger partial charge is 0.351 e. The lowest BCUT2D eigenvalue weighted by Gasteiger charge is -2.19. The average Bonchev–Trinajstić information content (AvgIpc) is 2.86. The molecule has 0 unspecified atom stereocenters. The van der Waals surface area contributed by atoms with Crippen molar-refractivity contribution in [1.82, 2.24) is 4.98 Å². The van der Waals surface area contributed by atoms with Crippen LogP contribution >= 0.6 is 11.3 Å². The van der Waals surface area contributed by atoms with E-state index in [2.05, 4.69) is 22.3 Å². The van der Waals surface area contributed by atoms with Crippen molar-refractivity contribution in [2.24, 2.45) is 11.7 Å². The van der Waals surface area contributed by atoms with Crippen LogP contribution in [0.25, 0.3) is 0 Å². The summed E-state index contributed by atoms with van der Waals surface area (Å²) in [4.78, 5) is 6.77. The molecule has 4 heteroatoms. The molecule has 0 aromatic carbocycles. The summed E-state index contributed by atoms with van der Waals surface area (Å²) in [5.41, 5.74) is 6.56. The molecule has 1 heterocycles. The first-order chi connectivity index (χ1) is 7.29. The van der Waals surface area contributed by atoms with Crippen LogP contribution in [0.3, 0.4) is 0 Å². The van der Waals surface area contributed by atoms with Crippen LogP contribution in [-0.2, 0) is 6.54 Å². The Kier molecular flexibility index (Phi) is 3.59. The molecule has 0 spiro atoms. The normalized spacial score (nSPS) is 17.2. The molecule has 3 nitrogen and oxygen atoms in total. The van der Waals surface area contributed by atoms with E-state index >= 15 is 0 Å². The minimum atomic E-state index is 0.549. The summed E-state index contributed by atoms with van der Waals surface area (Å²) < 4.78 is 0. The molecule has 0 saturated heterocycles. The number of nitrogens with zero attached hydrogens (tertiary/aromatic N) is 2. The second-order valence-electron chi connectivity index (χ2n) is 4.36. The summed E-state index contributed by atoms with van der Waals surface area (Å²) in [6.45, 7) is 1.70. The summed E-state index contributed by atoms with van der Waals surface area (Å²) in [7, 11) is 2.14. The lowest BCUT2D eigenvalue weighted by atomic mass is 10.1. The summed E-state index contributed by atoms with van der Waals surface area (Å²) in [6.07, 6.45) is 5.59. The Morgan fingerprint density at radius 1 is 1.53 bits per heavy atom. The minimum Gasteiger partial charge on any atom is -0.351 e. The molecule has 2 rings (SSSR count). The van der Waals surface area contributed by atoms with Gasteiger partial charge in [-0.05, 0) is 18.8 Å². The highest BCUT2D eigenvalue weighted by atomic mass is 32.1. The first-order valence-corrected chi connectivity index (χ1v) is 6.53. The Bertz CT molecular complexity index is 305. The fourth-order valence-electron chi connectivity index (χ4n) is 2.22. The van der Waals surface area contributed by atoms with E-state index in [0.717, 1.165) is 23.3 Å². The highest BCUT2D eigenvalue weighted by molar-refractivity contribution is 7.13. The zero-order chi connectivity index (χ0) is 10.7. The molecule has 1 aromatic rings. The third-order valence-electron chi connectivity index (χ3n) is 3.08. The van der Waals surface area contributed by atoms with E-state index in [1.54, 1.807) is 11.3 Å². The Balaban J connectivity index is 1.91. The van der Waals surface area contributed by atoms with Crippen molar-refractivity contribution in [2.45, 2.75) is 32.2 Å². The van der Waals surface area contributed by atoms with Crippen LogP contribution in [-0.4, -0.2) is 18.6 Å². The van der Waals surface area contributed by atoms with E-state index in [-0.39, 0.29) is 0 Å². The third kappa shape index (κ3) is 2.69. The predicted molar refractivity (Wildman–Crippen MR) is 65.2 cm³/mol. The van der Waals surface area contributed by atoms with Gasteiger partial charge in [0.25, 0.3) is 0 Å². The van der Waals surface area contributed by atoms with Crippen molar-refractivity contribution in [3.63, 3.8) is 0 Å². The zero-order valence-electron chi connectivity index (χ0n) is 9.28. The van der Waals surface area contributed by atoms with Crippen LogP contribution < -0.4 is 10.6 Å². The first kappa shape index (κ1) is 10.9. The average molecular weight is 225 g/mol. The second-order valence-corrected chi connectivity index (χ2v) is 5.19. The smallest absolute Gasteiger partial charge is 0.185 e. The molecule has 1 aliphatic rings. The Hall–Kier alpha value is -0.610. The SMILES string of the molecule is CN(CC1CCCC1)c1nc(CN)cs1. The Morgan fingerprint density at radius 2 is 2.27 bits per heavy atom. The van der Waals surface area contributed by atoms with Gasteiger partial charge in [-0.1, -0.05) is 12.8 Å². The summed E-state index contributed by atoms with van der Waals surface area (Å²) in [6, 6.07) is 0. The van der Waals surface area contributed by atoms with Crippen molar-refractivity contribution in [3.05, 3.63) is 11.1 Å². The quantitative estimate of drug-likeness (QED) is 0.854. The predicted octanol–water partition coefficient (Wildman–Crippen LogP) is 2.23. The molecule has 1 aliphatic carbocycles. The molecule has 1 fully saturated rings. The third-order valence-corrected chi connectivity index (χ3v) is 4.09. The number of rotatable bonds is 4. The van der Waals surface area contributed by atoms with Crippen LogP contribution in [0.2, 0.25) is 0 Å². The van der Waals surface area contributed by atoms with E-state index in [9.17, 15) is 0 Å². The van der Waals surface area contributed by atoms with Gasteiger partial charge in [0.1, 0.15) is 0 Å². The van der Waals surface area contributed by atoms with Gasteiger partial charge in [0.05, 0.1) is 5.69 Å². The molecule has 0 atom stereocenters. The van der Waals surface area contributed by atoms with Crippen LogP contribution in [0.1, 0.15) is 31.4 Å². The molecule has 0 aliphatic heterocycles. The number of aromatic nitrogens is 1. The molecule has 84 valence electrons. The van der Waals surface area contributed by atoms with Crippen LogP contribution in [0.15, 0.2) is 5.38 Å². The molecule has 15 heavy (non-hydrogen) atoms. The molecular weight excluding hydrogens is 206 g/mol. The minimum absolute atomic E-state index is 0.549. The maximum absolute atomic E-state index is 5.55. The molecule has 2 N–H and O–H groups in total. The lowest BCUT2D eigenvalue weighted by Crippen LogP contribution is -2.23. The van der Waals surface area contributed by atoms with E-state index < -0.39 is 0 Å². The van der Waals surface area contributed by atoms with Crippen LogP contribution in [0.4, 0.5) is 5.13 Å². The fraction of sp³-hybridized carbons (Fsp3) is 0.727. The van der Waals surface area contributed by atoms with Crippen molar-refractivity contribution < 1.29 is 0 Å². The Morgan fingerprint density at radius 3 is 2.87 bits per heavy atom. The summed E-state index contributed by atoms with van der Waals surface area (Å²) >= 11 is 1.70. The fourth-order valence-corrected chi connectivity index (χ4v) is 3.04. The van der Waals surface area contributed by atoms with Crippen molar-refractivity contribution in [1.29, 1.82) is 0 Å². The summed E-state index contributed by atoms with van der Waals surface area (Å²) in [5, 5.41) is 3.17. The van der Waals surface area contributed by atoms with E-state index in [1.165, 1.54) is 25.7 Å². The monoisotopic (exact) mass is 225 g/mol. The van der Waals surface area contributed by atoms with Gasteiger partial charge in [-0.25, -0.2) is 4.98 Å². The lowest BCUT2D eigenvalue weighted by molar-refractivity contribution is 0.546. The number of thiazole rings is 1. The van der Waals surface area contributed by atoms with Gasteiger partial charge < -0.3 is 10.6 Å². The van der Waals surface area contributed by atoms with E-state index in [4.69, 9.17) is 5.73 Å². The van der Waals surface area contributed by atoms with Gasteiger partial charge in [-0.3, -0.25) is 0 Å².